The number of nitrogens with zero attached hydrogens (tertiary/aromatic N) is 2. The highest BCUT2D eigenvalue weighted by Gasteiger charge is 2.17. The number of hydrogen-bond donors (Lipinski definition) is 2. The van der Waals surface area contributed by atoms with Crippen molar-refractivity contribution in [3.05, 3.63) is 11.1 Å². The van der Waals surface area contributed by atoms with Gasteiger partial charge in [0.2, 0.25) is 11.8 Å². The van der Waals surface area contributed by atoms with E-state index < -0.39 is 0 Å². The van der Waals surface area contributed by atoms with Gasteiger partial charge in [0.15, 0.2) is 5.13 Å². The quantitative estimate of drug-likeness (QED) is 0.775. The number of aromatic nitrogens is 1. The van der Waals surface area contributed by atoms with E-state index in [-0.39, 0.29) is 24.8 Å². The van der Waals surface area contributed by atoms with E-state index >= 15 is 0 Å². The van der Waals surface area contributed by atoms with Crippen LogP contribution in [-0.4, -0.2) is 41.8 Å². The first-order valence-corrected chi connectivity index (χ1v) is 6.63. The van der Waals surface area contributed by atoms with Gasteiger partial charge in [-0.25, -0.2) is 4.98 Å². The molecule has 0 spiro atoms. The smallest absolute Gasteiger partial charge is 0.239 e. The molecule has 0 fully saturated rings. The third kappa shape index (κ3) is 4.33. The molecule has 1 rings (SSSR count). The lowest BCUT2D eigenvalue weighted by molar-refractivity contribution is -0.135. The van der Waals surface area contributed by atoms with Gasteiger partial charge < -0.3 is 16.0 Å². The summed E-state index contributed by atoms with van der Waals surface area (Å²) < 4.78 is 0. The molecule has 0 aliphatic rings. The molecule has 0 aliphatic heterocycles. The van der Waals surface area contributed by atoms with Gasteiger partial charge in [0.05, 0.1) is 18.7 Å². The van der Waals surface area contributed by atoms with E-state index in [0.717, 1.165) is 6.42 Å². The second kappa shape index (κ2) is 6.95. The number of likely N-dealkylation sites (N-methyl/N-ethyl adjacent to an activating group) is 1. The van der Waals surface area contributed by atoms with E-state index in [1.807, 2.05) is 6.92 Å². The van der Waals surface area contributed by atoms with Gasteiger partial charge in [-0.2, -0.15) is 0 Å². The van der Waals surface area contributed by atoms with Crippen molar-refractivity contribution >= 4 is 28.3 Å². The fourth-order valence-electron chi connectivity index (χ4n) is 1.48. The molecule has 7 heteroatoms. The Balaban J connectivity index is 2.61. The van der Waals surface area contributed by atoms with Crippen molar-refractivity contribution in [1.82, 2.24) is 15.2 Å². The molecule has 3 N–H and O–H groups in total. The highest BCUT2D eigenvalue weighted by Crippen LogP contribution is 2.12. The summed E-state index contributed by atoms with van der Waals surface area (Å²) >= 11 is 1.31. The zero-order valence-electron chi connectivity index (χ0n) is 10.6. The van der Waals surface area contributed by atoms with Crippen molar-refractivity contribution in [2.75, 3.05) is 25.9 Å². The standard InChI is InChI=1S/C11H18N4O2S/c1-3-4-15(6-9(16)13-2)10(17)5-8-7-18-11(12)14-8/h7H,3-6H2,1-2H3,(H2,12,14)(H,13,16). The molecule has 0 radical (unpaired) electrons. The first kappa shape index (κ1) is 14.4. The molecule has 1 aromatic heterocycles. The highest BCUT2D eigenvalue weighted by atomic mass is 32.1. The molecule has 0 aromatic carbocycles. The number of nitrogens with two attached hydrogens (primary N) is 1. The Kier molecular flexibility index (Phi) is 5.57. The van der Waals surface area contributed by atoms with E-state index in [2.05, 4.69) is 10.3 Å². The highest BCUT2D eigenvalue weighted by molar-refractivity contribution is 7.13. The number of amides is 2. The first-order valence-electron chi connectivity index (χ1n) is 5.75. The third-order valence-corrected chi connectivity index (χ3v) is 3.08. The maximum Gasteiger partial charge on any atom is 0.239 e. The molecule has 0 aliphatic carbocycles. The number of nitrogen functional groups attached to an aromatic ring is 1. The summed E-state index contributed by atoms with van der Waals surface area (Å²) in [6, 6.07) is 0. The molecule has 1 aromatic rings. The van der Waals surface area contributed by atoms with Gasteiger partial charge in [-0.1, -0.05) is 6.92 Å². The Morgan fingerprint density at radius 3 is 2.78 bits per heavy atom. The summed E-state index contributed by atoms with van der Waals surface area (Å²) in [4.78, 5) is 28.9. The predicted molar refractivity (Wildman–Crippen MR) is 71.2 cm³/mol. The normalized spacial score (nSPS) is 10.1. The first-order chi connectivity index (χ1) is 8.56. The van der Waals surface area contributed by atoms with Gasteiger partial charge in [0.25, 0.3) is 0 Å². The van der Waals surface area contributed by atoms with Crippen LogP contribution in [0.2, 0.25) is 0 Å². The Labute approximate surface area is 110 Å². The van der Waals surface area contributed by atoms with Crippen LogP contribution in [0.1, 0.15) is 19.0 Å². The fraction of sp³-hybridized carbons (Fsp3) is 0.545. The average Bonchev–Trinajstić information content (AvgIpc) is 2.73. The van der Waals surface area contributed by atoms with Crippen LogP contribution in [0.15, 0.2) is 5.38 Å². The van der Waals surface area contributed by atoms with Gasteiger partial charge >= 0.3 is 0 Å². The lowest BCUT2D eigenvalue weighted by atomic mass is 10.2. The largest absolute Gasteiger partial charge is 0.375 e. The average molecular weight is 270 g/mol. The Morgan fingerprint density at radius 1 is 1.56 bits per heavy atom. The minimum Gasteiger partial charge on any atom is -0.375 e. The topological polar surface area (TPSA) is 88.3 Å². The van der Waals surface area contributed by atoms with Crippen LogP contribution in [-0.2, 0) is 16.0 Å². The second-order valence-electron chi connectivity index (χ2n) is 3.84. The number of rotatable bonds is 6. The number of nitrogens with one attached hydrogen (secondary N) is 1. The Hall–Kier alpha value is -1.63. The minimum atomic E-state index is -0.172. The fourth-order valence-corrected chi connectivity index (χ4v) is 2.05. The zero-order valence-corrected chi connectivity index (χ0v) is 11.4. The molecular formula is C11H18N4O2S. The van der Waals surface area contributed by atoms with Crippen LogP contribution in [0.4, 0.5) is 5.13 Å². The molecule has 2 amide bonds. The van der Waals surface area contributed by atoms with Gasteiger partial charge in [0.1, 0.15) is 0 Å². The number of carbonyl (C=O) groups excluding carboxylic acids is 2. The van der Waals surface area contributed by atoms with Crippen LogP contribution >= 0.6 is 11.3 Å². The molecule has 0 unspecified atom stereocenters. The minimum absolute atomic E-state index is 0.0861. The van der Waals surface area contributed by atoms with E-state index in [9.17, 15) is 9.59 Å². The molecule has 18 heavy (non-hydrogen) atoms. The monoisotopic (exact) mass is 270 g/mol. The Bertz CT molecular complexity index is 419. The van der Waals surface area contributed by atoms with Crippen LogP contribution in [0.3, 0.4) is 0 Å². The van der Waals surface area contributed by atoms with Crippen molar-refractivity contribution in [1.29, 1.82) is 0 Å². The number of anilines is 1. The lowest BCUT2D eigenvalue weighted by Crippen LogP contribution is -2.40. The maximum absolute atomic E-state index is 12.0. The van der Waals surface area contributed by atoms with Gasteiger partial charge in [-0.15, -0.1) is 11.3 Å². The molecule has 0 saturated heterocycles. The van der Waals surface area contributed by atoms with Crippen LogP contribution in [0.25, 0.3) is 0 Å². The van der Waals surface area contributed by atoms with E-state index in [1.54, 1.807) is 12.4 Å². The van der Waals surface area contributed by atoms with Crippen molar-refractivity contribution in [2.24, 2.45) is 0 Å². The van der Waals surface area contributed by atoms with Crippen molar-refractivity contribution in [2.45, 2.75) is 19.8 Å². The van der Waals surface area contributed by atoms with E-state index in [1.165, 1.54) is 16.2 Å². The summed E-state index contributed by atoms with van der Waals surface area (Å²) in [6.07, 6.45) is 0.993. The second-order valence-corrected chi connectivity index (χ2v) is 4.73. The predicted octanol–water partition coefficient (Wildman–Crippen LogP) is 0.252. The summed E-state index contributed by atoms with van der Waals surface area (Å²) in [5, 5.41) is 4.72. The third-order valence-electron chi connectivity index (χ3n) is 2.36. The van der Waals surface area contributed by atoms with Crippen molar-refractivity contribution in [3.63, 3.8) is 0 Å². The molecule has 0 saturated carbocycles. The molecular weight excluding hydrogens is 252 g/mol. The zero-order chi connectivity index (χ0) is 13.5. The van der Waals surface area contributed by atoms with Crippen molar-refractivity contribution in [3.8, 4) is 0 Å². The van der Waals surface area contributed by atoms with Crippen LogP contribution in [0, 0.1) is 0 Å². The molecule has 100 valence electrons. The lowest BCUT2D eigenvalue weighted by Gasteiger charge is -2.20. The summed E-state index contributed by atoms with van der Waals surface area (Å²) in [7, 11) is 1.55. The maximum atomic E-state index is 12.0. The van der Waals surface area contributed by atoms with E-state index in [4.69, 9.17) is 5.73 Å². The van der Waals surface area contributed by atoms with Gasteiger partial charge in [-0.3, -0.25) is 9.59 Å². The van der Waals surface area contributed by atoms with E-state index in [0.29, 0.717) is 17.4 Å². The molecule has 0 bridgehead atoms. The summed E-state index contributed by atoms with van der Waals surface area (Å²) in [5.74, 6) is -0.277. The molecule has 1 heterocycles. The van der Waals surface area contributed by atoms with Crippen LogP contribution in [0.5, 0.6) is 0 Å². The summed E-state index contributed by atoms with van der Waals surface area (Å²) in [5.41, 5.74) is 6.16. The molecule has 0 atom stereocenters. The van der Waals surface area contributed by atoms with Crippen LogP contribution < -0.4 is 11.1 Å². The van der Waals surface area contributed by atoms with Gasteiger partial charge in [-0.05, 0) is 6.42 Å². The number of carbonyl (C=O) groups is 2. The van der Waals surface area contributed by atoms with Crippen molar-refractivity contribution < 1.29 is 9.59 Å². The number of thiazole rings is 1. The van der Waals surface area contributed by atoms with Gasteiger partial charge in [0, 0.05) is 19.0 Å². The number of hydrogen-bond acceptors (Lipinski definition) is 5. The summed E-state index contributed by atoms with van der Waals surface area (Å²) in [6.45, 7) is 2.61. The Morgan fingerprint density at radius 2 is 2.28 bits per heavy atom. The molecule has 6 nitrogen and oxygen atoms in total. The SMILES string of the molecule is CCCN(CC(=O)NC)C(=O)Cc1csc(N)n1.